The Morgan fingerprint density at radius 2 is 1.52 bits per heavy atom. The van der Waals surface area contributed by atoms with Gasteiger partial charge in [-0.1, -0.05) is 133 Å². The summed E-state index contributed by atoms with van der Waals surface area (Å²) >= 11 is 6.52. The number of H-pyrrole nitrogens is 1. The number of unbranched alkanes of at least 4 members (excludes halogenated alkanes) is 16. The Hall–Kier alpha value is -4.55. The summed E-state index contributed by atoms with van der Waals surface area (Å²) in [4.78, 5) is 7.03. The van der Waals surface area contributed by atoms with E-state index in [9.17, 15) is 5.26 Å². The first-order valence-electron chi connectivity index (χ1n) is 22.5. The van der Waals surface area contributed by atoms with Crippen molar-refractivity contribution in [2.75, 3.05) is 20.8 Å². The van der Waals surface area contributed by atoms with Crippen molar-refractivity contribution in [1.82, 2.24) is 4.98 Å². The molecule has 1 aliphatic heterocycles. The summed E-state index contributed by atoms with van der Waals surface area (Å²) < 4.78 is 43.0. The van der Waals surface area contributed by atoms with Gasteiger partial charge in [-0.25, -0.2) is 4.99 Å². The second-order valence-corrected chi connectivity index (χ2v) is 16.3. The molecule has 5 N–H and O–H groups in total. The molecule has 0 aliphatic carbocycles. The zero-order chi connectivity index (χ0) is 44.4. The number of nitriles is 1. The van der Waals surface area contributed by atoms with Gasteiger partial charge in [-0.2, -0.15) is 5.26 Å². The van der Waals surface area contributed by atoms with E-state index in [1.54, 1.807) is 42.5 Å². The Morgan fingerprint density at radius 3 is 2.06 bits per heavy atom. The van der Waals surface area contributed by atoms with E-state index >= 15 is 0 Å². The van der Waals surface area contributed by atoms with Crippen molar-refractivity contribution in [2.24, 2.45) is 10.7 Å². The van der Waals surface area contributed by atoms with E-state index < -0.39 is 25.3 Å². The average Bonchev–Trinajstić information content (AvgIpc) is 3.95. The molecule has 1 saturated heterocycles. The number of ether oxygens (including phenoxy) is 4. The Kier molecular flexibility index (Phi) is 22.8. The van der Waals surface area contributed by atoms with E-state index in [-0.39, 0.29) is 18.0 Å². The van der Waals surface area contributed by atoms with E-state index in [1.807, 2.05) is 6.07 Å². The molecule has 1 aromatic heterocycles. The van der Waals surface area contributed by atoms with Crippen molar-refractivity contribution >= 4 is 37.3 Å². The van der Waals surface area contributed by atoms with Gasteiger partial charge in [-0.3, -0.25) is 5.41 Å². The second kappa shape index (κ2) is 28.2. The van der Waals surface area contributed by atoms with Crippen LogP contribution in [0.1, 0.15) is 158 Å². The molecule has 0 bridgehead atoms. The number of para-hydroxylation sites is 1. The summed E-state index contributed by atoms with van der Waals surface area (Å²) in [5.74, 6) is 0.136. The number of rotatable bonds is 33. The molecule has 338 valence electrons. The van der Waals surface area contributed by atoms with Crippen molar-refractivity contribution in [3.8, 4) is 29.1 Å². The number of aromatic nitrogens is 1. The zero-order valence-electron chi connectivity index (χ0n) is 37.1. The first-order valence-corrected chi connectivity index (χ1v) is 22.9. The second-order valence-electron chi connectivity index (χ2n) is 15.9. The number of nitrogens with zero attached hydrogens (tertiary/aromatic N) is 2. The van der Waals surface area contributed by atoms with E-state index in [0.717, 1.165) is 37.5 Å². The van der Waals surface area contributed by atoms with E-state index in [1.165, 1.54) is 104 Å². The summed E-state index contributed by atoms with van der Waals surface area (Å²) in [5.41, 5.74) is 7.52. The molecule has 1 fully saturated rings. The molecule has 0 saturated carbocycles. The lowest BCUT2D eigenvalue weighted by atomic mass is 10.0. The molecule has 13 nitrogen and oxygen atoms in total. The van der Waals surface area contributed by atoms with Crippen LogP contribution in [0.15, 0.2) is 53.5 Å². The van der Waals surface area contributed by atoms with E-state index in [2.05, 4.69) is 23.0 Å². The maximum Gasteiger partial charge on any atom is 0.715 e. The Balaban J connectivity index is 1.37. The number of amidine groups is 1. The van der Waals surface area contributed by atoms with Crippen molar-refractivity contribution in [3.63, 3.8) is 0 Å². The largest absolute Gasteiger partial charge is 0.715 e. The van der Waals surface area contributed by atoms with Crippen LogP contribution in [0.5, 0.6) is 23.0 Å². The molecule has 2 aromatic carbocycles. The average molecular weight is 875 g/mol. The van der Waals surface area contributed by atoms with Crippen molar-refractivity contribution in [3.05, 3.63) is 70.5 Å². The van der Waals surface area contributed by atoms with Gasteiger partial charge in [0.15, 0.2) is 5.79 Å². The Bertz CT molecular complexity index is 1830. The van der Waals surface area contributed by atoms with Crippen LogP contribution in [-0.4, -0.2) is 63.4 Å². The van der Waals surface area contributed by atoms with Crippen molar-refractivity contribution in [1.29, 1.82) is 16.1 Å². The SMILES string of the molecule is CCCCCCCCCCCCCCCCCCCC(COB(Oc1ccccc1Cl)OC1(C=N)CCC(c2ccc(C(N)=NC=N)[nH]2)O1)Oc1cc(OC)c(C#N)c(OC)c1. The first kappa shape index (κ1) is 50.1. The minimum Gasteiger partial charge on any atom is -0.510 e. The highest BCUT2D eigenvalue weighted by Crippen LogP contribution is 2.40. The van der Waals surface area contributed by atoms with Gasteiger partial charge in [-0.05, 0) is 43.5 Å². The Morgan fingerprint density at radius 1 is 0.919 bits per heavy atom. The van der Waals surface area contributed by atoms with Gasteiger partial charge in [0, 0.05) is 24.2 Å². The predicted octanol–water partition coefficient (Wildman–Crippen LogP) is 11.7. The van der Waals surface area contributed by atoms with Crippen LogP contribution in [0.3, 0.4) is 0 Å². The Labute approximate surface area is 374 Å². The molecule has 0 spiro atoms. The van der Waals surface area contributed by atoms with Crippen molar-refractivity contribution in [2.45, 2.75) is 153 Å². The number of aliphatic imine (C=N–C) groups is 1. The van der Waals surface area contributed by atoms with Crippen LogP contribution in [0.2, 0.25) is 5.02 Å². The predicted molar refractivity (Wildman–Crippen MR) is 247 cm³/mol. The normalized spacial score (nSPS) is 16.7. The number of methoxy groups -OCH3 is 2. The highest BCUT2D eigenvalue weighted by molar-refractivity contribution is 6.39. The highest BCUT2D eigenvalue weighted by atomic mass is 35.5. The summed E-state index contributed by atoms with van der Waals surface area (Å²) in [6.07, 6.45) is 24.4. The lowest BCUT2D eigenvalue weighted by Crippen LogP contribution is -2.45. The van der Waals surface area contributed by atoms with E-state index in [4.69, 9.17) is 61.1 Å². The number of nitrogens with two attached hydrogens (primary N) is 1. The smallest absolute Gasteiger partial charge is 0.510 e. The van der Waals surface area contributed by atoms with Gasteiger partial charge in [-0.15, -0.1) is 0 Å². The molecule has 3 aromatic rings. The molecule has 2 heterocycles. The standard InChI is InChI=1S/C47H68BClN6O7/c1-4-5-6-7-8-9-10-11-12-13-14-15-16-17-18-19-20-23-36(59-37-30-44(56-2)38(32-50)45(31-37)57-3)33-58-48(61-42-25-22-21-24-39(42)49)62-47(34-51)29-28-43(60-47)40-26-27-41(55-40)46(53)54-35-52/h21-22,24-27,30-31,34-36,43,51,55H,4-20,23,28-29,33H2,1-3H3,(H3,52,53,54). The summed E-state index contributed by atoms with van der Waals surface area (Å²) in [6, 6.07) is 16.1. The van der Waals surface area contributed by atoms with Gasteiger partial charge < -0.3 is 49.0 Å². The molecule has 0 radical (unpaired) electrons. The third-order valence-electron chi connectivity index (χ3n) is 11.1. The highest BCUT2D eigenvalue weighted by Gasteiger charge is 2.46. The van der Waals surface area contributed by atoms with Crippen LogP contribution in [0.4, 0.5) is 0 Å². The third kappa shape index (κ3) is 16.6. The van der Waals surface area contributed by atoms with Crippen molar-refractivity contribution < 1.29 is 32.9 Å². The molecule has 15 heteroatoms. The van der Waals surface area contributed by atoms with Crippen LogP contribution in [0.25, 0.3) is 0 Å². The molecule has 0 amide bonds. The maximum absolute atomic E-state index is 9.76. The van der Waals surface area contributed by atoms with Gasteiger partial charge in [0.2, 0.25) is 0 Å². The maximum atomic E-state index is 9.76. The number of hydrogen-bond donors (Lipinski definition) is 4. The molecular weight excluding hydrogens is 807 g/mol. The fourth-order valence-electron chi connectivity index (χ4n) is 7.64. The lowest BCUT2D eigenvalue weighted by Gasteiger charge is -2.29. The zero-order valence-corrected chi connectivity index (χ0v) is 37.8. The minimum atomic E-state index is -1.49. The monoisotopic (exact) mass is 874 g/mol. The van der Waals surface area contributed by atoms with Crippen LogP contribution in [0, 0.1) is 22.1 Å². The number of halogens is 1. The number of hydrogen-bond acceptors (Lipinski definition) is 10. The quantitative estimate of drug-likeness (QED) is 0.0200. The molecule has 62 heavy (non-hydrogen) atoms. The summed E-state index contributed by atoms with van der Waals surface area (Å²) in [7, 11) is 1.64. The molecule has 3 atom stereocenters. The molecule has 3 unspecified atom stereocenters. The van der Waals surface area contributed by atoms with E-state index in [0.29, 0.717) is 53.0 Å². The van der Waals surface area contributed by atoms with Crippen LogP contribution < -0.4 is 24.6 Å². The number of nitrogens with one attached hydrogen (secondary N) is 3. The van der Waals surface area contributed by atoms with Gasteiger partial charge in [0.25, 0.3) is 0 Å². The molecular formula is C47H68BClN6O7. The molecule has 4 rings (SSSR count). The fourth-order valence-corrected chi connectivity index (χ4v) is 7.82. The topological polar surface area (TPSA) is 190 Å². The van der Waals surface area contributed by atoms with Crippen LogP contribution in [-0.2, 0) is 14.0 Å². The minimum absolute atomic E-state index is 0.0434. The van der Waals surface area contributed by atoms with Gasteiger partial charge in [0.05, 0.1) is 37.8 Å². The summed E-state index contributed by atoms with van der Waals surface area (Å²) in [6.45, 7) is 2.31. The lowest BCUT2D eigenvalue weighted by molar-refractivity contribution is -0.141. The van der Waals surface area contributed by atoms with Crippen LogP contribution >= 0.6 is 11.6 Å². The number of aromatic amines is 1. The first-order chi connectivity index (χ1) is 30.3. The fraction of sp³-hybridized carbons (Fsp3) is 0.574. The third-order valence-corrected chi connectivity index (χ3v) is 11.5. The summed E-state index contributed by atoms with van der Waals surface area (Å²) in [5, 5.41) is 25.8. The molecule has 1 aliphatic rings. The van der Waals surface area contributed by atoms with Gasteiger partial charge >= 0.3 is 7.32 Å². The number of benzene rings is 2. The van der Waals surface area contributed by atoms with Gasteiger partial charge in [0.1, 0.15) is 59.0 Å².